The van der Waals surface area contributed by atoms with Crippen LogP contribution in [0.5, 0.6) is 11.5 Å². The fraction of sp³-hybridized carbons (Fsp3) is 0.316. The molecule has 1 amide bonds. The number of sulfonamides is 1. The van der Waals surface area contributed by atoms with Crippen LogP contribution >= 0.6 is 11.8 Å². The minimum Gasteiger partial charge on any atom is -0.486 e. The molecule has 2 aromatic carbocycles. The number of thioether (sulfide) groups is 1. The Morgan fingerprint density at radius 1 is 1.17 bits per heavy atom. The van der Waals surface area contributed by atoms with Gasteiger partial charge in [-0.05, 0) is 42.7 Å². The van der Waals surface area contributed by atoms with Gasteiger partial charge in [0, 0.05) is 6.07 Å². The monoisotopic (exact) mass is 440 g/mol. The number of hydrogen-bond donors (Lipinski definition) is 2. The average molecular weight is 441 g/mol. The number of rotatable bonds is 8. The van der Waals surface area contributed by atoms with Crippen molar-refractivity contribution >= 4 is 33.4 Å². The Hall–Kier alpha value is -2.30. The number of fused-ring (bicyclic) bond motifs is 1. The predicted molar refractivity (Wildman–Crippen MR) is 110 cm³/mol. The number of carbonyl (C=O) groups is 1. The molecule has 2 N–H and O–H groups in total. The highest BCUT2D eigenvalue weighted by Gasteiger charge is 2.27. The van der Waals surface area contributed by atoms with Crippen molar-refractivity contribution in [3.8, 4) is 11.5 Å². The van der Waals surface area contributed by atoms with Crippen LogP contribution in [0.4, 0.5) is 10.1 Å². The lowest BCUT2D eigenvalue weighted by atomic mass is 10.2. The molecule has 0 radical (unpaired) electrons. The summed E-state index contributed by atoms with van der Waals surface area (Å²) in [4.78, 5) is 12.6. The van der Waals surface area contributed by atoms with Crippen molar-refractivity contribution in [1.82, 2.24) is 4.72 Å². The number of anilines is 1. The molecule has 0 saturated carbocycles. The van der Waals surface area contributed by atoms with Gasteiger partial charge in [-0.15, -0.1) is 0 Å². The fourth-order valence-corrected chi connectivity index (χ4v) is 4.42. The Labute approximate surface area is 173 Å². The number of ether oxygens (including phenoxy) is 2. The van der Waals surface area contributed by atoms with Crippen LogP contribution in [0.3, 0.4) is 0 Å². The van der Waals surface area contributed by atoms with E-state index in [0.29, 0.717) is 30.5 Å². The SMILES string of the molecule is CSCC[C@@H](NS(=O)(=O)c1ccc2c(c1)OCCO2)C(=O)Nc1ccccc1F. The number of para-hydroxylation sites is 1. The topological polar surface area (TPSA) is 93.7 Å². The van der Waals surface area contributed by atoms with E-state index < -0.39 is 27.8 Å². The molecule has 0 aromatic heterocycles. The van der Waals surface area contributed by atoms with Gasteiger partial charge >= 0.3 is 0 Å². The number of hydrogen-bond acceptors (Lipinski definition) is 6. The van der Waals surface area contributed by atoms with Crippen molar-refractivity contribution in [3.05, 3.63) is 48.3 Å². The van der Waals surface area contributed by atoms with Crippen molar-refractivity contribution in [1.29, 1.82) is 0 Å². The lowest BCUT2D eigenvalue weighted by Gasteiger charge is -2.21. The van der Waals surface area contributed by atoms with Crippen molar-refractivity contribution < 1.29 is 27.1 Å². The highest BCUT2D eigenvalue weighted by atomic mass is 32.2. The van der Waals surface area contributed by atoms with Gasteiger partial charge < -0.3 is 14.8 Å². The number of benzene rings is 2. The summed E-state index contributed by atoms with van der Waals surface area (Å²) in [6.07, 6.45) is 2.09. The molecule has 0 saturated heterocycles. The molecule has 0 unspecified atom stereocenters. The molecule has 3 rings (SSSR count). The first kappa shape index (κ1) is 21.4. The molecule has 0 bridgehead atoms. The molecule has 156 valence electrons. The van der Waals surface area contributed by atoms with E-state index in [0.717, 1.165) is 0 Å². The van der Waals surface area contributed by atoms with E-state index in [1.807, 2.05) is 6.26 Å². The zero-order valence-electron chi connectivity index (χ0n) is 15.7. The van der Waals surface area contributed by atoms with Crippen LogP contribution in [0.1, 0.15) is 6.42 Å². The second-order valence-electron chi connectivity index (χ2n) is 6.23. The summed E-state index contributed by atoms with van der Waals surface area (Å²) < 4.78 is 52.8. The third-order valence-electron chi connectivity index (χ3n) is 4.18. The highest BCUT2D eigenvalue weighted by Crippen LogP contribution is 2.32. The molecule has 0 spiro atoms. The zero-order chi connectivity index (χ0) is 20.9. The second kappa shape index (κ2) is 9.47. The summed E-state index contributed by atoms with van der Waals surface area (Å²) in [6, 6.07) is 8.89. The molecule has 10 heteroatoms. The third-order valence-corrected chi connectivity index (χ3v) is 6.29. The van der Waals surface area contributed by atoms with Crippen LogP contribution in [0.25, 0.3) is 0 Å². The molecule has 2 aromatic rings. The van der Waals surface area contributed by atoms with Crippen molar-refractivity contribution in [2.75, 3.05) is 30.5 Å². The number of carbonyl (C=O) groups excluding carboxylic acids is 1. The molecule has 0 aliphatic carbocycles. The minimum absolute atomic E-state index is 0.00909. The van der Waals surface area contributed by atoms with Gasteiger partial charge in [0.2, 0.25) is 15.9 Å². The summed E-state index contributed by atoms with van der Waals surface area (Å²) in [6.45, 7) is 0.718. The van der Waals surface area contributed by atoms with Crippen LogP contribution in [-0.2, 0) is 14.8 Å². The molecule has 0 fully saturated rings. The number of halogens is 1. The summed E-state index contributed by atoms with van der Waals surface area (Å²) in [7, 11) is -4.02. The lowest BCUT2D eigenvalue weighted by Crippen LogP contribution is -2.44. The van der Waals surface area contributed by atoms with Crippen molar-refractivity contribution in [2.24, 2.45) is 0 Å². The first-order valence-electron chi connectivity index (χ1n) is 8.87. The summed E-state index contributed by atoms with van der Waals surface area (Å²) in [5.74, 6) is 0.102. The van der Waals surface area contributed by atoms with Crippen LogP contribution in [0, 0.1) is 5.82 Å². The van der Waals surface area contributed by atoms with E-state index in [4.69, 9.17) is 9.47 Å². The van der Waals surface area contributed by atoms with E-state index in [1.165, 1.54) is 48.2 Å². The Morgan fingerprint density at radius 3 is 2.62 bits per heavy atom. The molecule has 1 heterocycles. The largest absolute Gasteiger partial charge is 0.486 e. The van der Waals surface area contributed by atoms with Gasteiger partial charge in [0.1, 0.15) is 25.1 Å². The van der Waals surface area contributed by atoms with E-state index in [1.54, 1.807) is 6.07 Å². The van der Waals surface area contributed by atoms with Gasteiger partial charge in [0.15, 0.2) is 11.5 Å². The summed E-state index contributed by atoms with van der Waals surface area (Å²) in [5, 5.41) is 2.45. The van der Waals surface area contributed by atoms with E-state index in [-0.39, 0.29) is 17.0 Å². The minimum atomic E-state index is -4.02. The highest BCUT2D eigenvalue weighted by molar-refractivity contribution is 7.98. The summed E-state index contributed by atoms with van der Waals surface area (Å²) in [5.41, 5.74) is -0.00909. The molecule has 29 heavy (non-hydrogen) atoms. The predicted octanol–water partition coefficient (Wildman–Crippen LogP) is 2.64. The molecule has 7 nitrogen and oxygen atoms in total. The Balaban J connectivity index is 1.79. The van der Waals surface area contributed by atoms with Gasteiger partial charge in [-0.2, -0.15) is 16.5 Å². The first-order valence-corrected chi connectivity index (χ1v) is 11.7. The van der Waals surface area contributed by atoms with E-state index in [9.17, 15) is 17.6 Å². The molecular weight excluding hydrogens is 419 g/mol. The number of amides is 1. The lowest BCUT2D eigenvalue weighted by molar-refractivity contribution is -0.117. The van der Waals surface area contributed by atoms with Crippen molar-refractivity contribution in [2.45, 2.75) is 17.4 Å². The maximum atomic E-state index is 13.8. The fourth-order valence-electron chi connectivity index (χ4n) is 2.71. The van der Waals surface area contributed by atoms with Crippen LogP contribution in [0.15, 0.2) is 47.4 Å². The van der Waals surface area contributed by atoms with Gasteiger partial charge in [-0.3, -0.25) is 4.79 Å². The Morgan fingerprint density at radius 2 is 1.90 bits per heavy atom. The average Bonchev–Trinajstić information content (AvgIpc) is 2.72. The van der Waals surface area contributed by atoms with Crippen molar-refractivity contribution in [3.63, 3.8) is 0 Å². The number of nitrogens with one attached hydrogen (secondary N) is 2. The Bertz CT molecular complexity index is 984. The Kier molecular flexibility index (Phi) is 6.99. The quantitative estimate of drug-likeness (QED) is 0.656. The van der Waals surface area contributed by atoms with Gasteiger partial charge in [-0.1, -0.05) is 12.1 Å². The van der Waals surface area contributed by atoms with Gasteiger partial charge in [0.05, 0.1) is 10.6 Å². The normalized spacial score (nSPS) is 14.3. The zero-order valence-corrected chi connectivity index (χ0v) is 17.3. The maximum absolute atomic E-state index is 13.8. The standard InChI is InChI=1S/C19H21FN2O5S2/c1-28-11-8-16(19(23)21-15-5-3-2-4-14(15)20)22-29(24,25)13-6-7-17-18(12-13)27-10-9-26-17/h2-7,12,16,22H,8-11H2,1H3,(H,21,23)/t16-/m1/s1. The molecule has 1 aliphatic heterocycles. The molecule has 1 aliphatic rings. The van der Waals surface area contributed by atoms with Crippen LogP contribution in [-0.4, -0.2) is 45.6 Å². The summed E-state index contributed by atoms with van der Waals surface area (Å²) >= 11 is 1.47. The van der Waals surface area contributed by atoms with Gasteiger partial charge in [0.25, 0.3) is 0 Å². The van der Waals surface area contributed by atoms with Crippen LogP contribution < -0.4 is 19.5 Å². The first-order chi connectivity index (χ1) is 13.9. The molecular formula is C19H21FN2O5S2. The van der Waals surface area contributed by atoms with Gasteiger partial charge in [-0.25, -0.2) is 12.8 Å². The molecule has 1 atom stereocenters. The van der Waals surface area contributed by atoms with E-state index >= 15 is 0 Å². The van der Waals surface area contributed by atoms with Crippen LogP contribution in [0.2, 0.25) is 0 Å². The smallest absolute Gasteiger partial charge is 0.242 e. The third kappa shape index (κ3) is 5.40. The van der Waals surface area contributed by atoms with E-state index in [2.05, 4.69) is 10.0 Å². The second-order valence-corrected chi connectivity index (χ2v) is 8.93. The maximum Gasteiger partial charge on any atom is 0.242 e.